The fourth-order valence-electron chi connectivity index (χ4n) is 2.92. The molecule has 1 unspecified atom stereocenters. The Hall–Kier alpha value is -1.71. The Bertz CT molecular complexity index is 590. The Morgan fingerprint density at radius 2 is 1.95 bits per heavy atom. The summed E-state index contributed by atoms with van der Waals surface area (Å²) in [7, 11) is 0. The van der Waals surface area contributed by atoms with Crippen molar-refractivity contribution in [1.29, 1.82) is 0 Å². The van der Waals surface area contributed by atoms with Crippen molar-refractivity contribution in [3.8, 4) is 0 Å². The topological polar surface area (TPSA) is 50.9 Å². The smallest absolute Gasteiger partial charge is 0.0884 e. The molecule has 1 aromatic heterocycles. The fourth-order valence-corrected chi connectivity index (χ4v) is 2.92. The van der Waals surface area contributed by atoms with Crippen LogP contribution in [-0.4, -0.2) is 4.98 Å². The van der Waals surface area contributed by atoms with Crippen LogP contribution in [0.3, 0.4) is 0 Å². The van der Waals surface area contributed by atoms with Crippen molar-refractivity contribution in [2.75, 3.05) is 0 Å². The summed E-state index contributed by atoms with van der Waals surface area (Å²) in [5.41, 5.74) is 7.63. The van der Waals surface area contributed by atoms with Gasteiger partial charge in [0.25, 0.3) is 0 Å². The van der Waals surface area contributed by atoms with Crippen molar-refractivity contribution < 1.29 is 0 Å². The first-order chi connectivity index (χ1) is 9.79. The zero-order valence-corrected chi connectivity index (χ0v) is 11.8. The van der Waals surface area contributed by atoms with Gasteiger partial charge in [0, 0.05) is 5.69 Å². The molecule has 1 aliphatic rings. The third-order valence-corrected chi connectivity index (χ3v) is 4.22. The van der Waals surface area contributed by atoms with Crippen LogP contribution in [0.2, 0.25) is 0 Å². The number of nitrogens with one attached hydrogen (secondary N) is 1. The first-order valence-electron chi connectivity index (χ1n) is 7.28. The van der Waals surface area contributed by atoms with Gasteiger partial charge in [-0.2, -0.15) is 0 Å². The number of aryl methyl sites for hydroxylation is 1. The number of hydrogen-bond acceptors (Lipinski definition) is 3. The molecule has 0 radical (unpaired) electrons. The molecule has 3 rings (SSSR count). The summed E-state index contributed by atoms with van der Waals surface area (Å²) in [5, 5.41) is 0. The van der Waals surface area contributed by atoms with Gasteiger partial charge < -0.3 is 0 Å². The highest BCUT2D eigenvalue weighted by atomic mass is 15.2. The van der Waals surface area contributed by atoms with E-state index in [1.165, 1.54) is 30.4 Å². The maximum absolute atomic E-state index is 5.83. The van der Waals surface area contributed by atoms with Gasteiger partial charge in [-0.25, -0.2) is 5.43 Å². The van der Waals surface area contributed by atoms with Crippen molar-refractivity contribution in [3.63, 3.8) is 0 Å². The zero-order chi connectivity index (χ0) is 13.9. The highest BCUT2D eigenvalue weighted by Crippen LogP contribution is 2.40. The summed E-state index contributed by atoms with van der Waals surface area (Å²) in [4.78, 5) is 4.62. The number of nitrogens with two attached hydrogens (primary N) is 1. The minimum atomic E-state index is -0.0355. The summed E-state index contributed by atoms with van der Waals surface area (Å²) in [6.45, 7) is 2.01. The number of pyridine rings is 1. The van der Waals surface area contributed by atoms with Gasteiger partial charge in [0.2, 0.25) is 0 Å². The molecule has 1 heterocycles. The molecule has 3 heteroatoms. The van der Waals surface area contributed by atoms with E-state index in [9.17, 15) is 0 Å². The van der Waals surface area contributed by atoms with Crippen molar-refractivity contribution >= 4 is 0 Å². The molecule has 0 aliphatic heterocycles. The lowest BCUT2D eigenvalue weighted by Gasteiger charge is -2.30. The molecule has 1 aliphatic carbocycles. The summed E-state index contributed by atoms with van der Waals surface area (Å²) >= 11 is 0. The van der Waals surface area contributed by atoms with E-state index in [0.717, 1.165) is 11.4 Å². The van der Waals surface area contributed by atoms with Gasteiger partial charge in [-0.15, -0.1) is 0 Å². The van der Waals surface area contributed by atoms with Crippen LogP contribution >= 0.6 is 0 Å². The van der Waals surface area contributed by atoms with E-state index in [0.29, 0.717) is 5.92 Å². The molecule has 1 saturated carbocycles. The zero-order valence-electron chi connectivity index (χ0n) is 11.8. The van der Waals surface area contributed by atoms with E-state index in [-0.39, 0.29) is 6.04 Å². The Labute approximate surface area is 120 Å². The van der Waals surface area contributed by atoms with Gasteiger partial charge >= 0.3 is 0 Å². The maximum Gasteiger partial charge on any atom is 0.0884 e. The number of hydrogen-bond donors (Lipinski definition) is 2. The van der Waals surface area contributed by atoms with Crippen LogP contribution in [0.15, 0.2) is 42.5 Å². The summed E-state index contributed by atoms with van der Waals surface area (Å²) < 4.78 is 0. The average molecular weight is 267 g/mol. The number of nitrogens with zero attached hydrogens (tertiary/aromatic N) is 1. The summed E-state index contributed by atoms with van der Waals surface area (Å²) in [5.74, 6) is 6.51. The largest absolute Gasteiger partial charge is 0.271 e. The molecule has 3 N–H and O–H groups in total. The minimum absolute atomic E-state index is 0.0355. The predicted octanol–water partition coefficient (Wildman–Crippen LogP) is 3.21. The van der Waals surface area contributed by atoms with E-state index >= 15 is 0 Å². The van der Waals surface area contributed by atoms with Crippen molar-refractivity contribution in [2.24, 2.45) is 5.84 Å². The monoisotopic (exact) mass is 267 g/mol. The van der Waals surface area contributed by atoms with Crippen LogP contribution in [0.1, 0.15) is 53.7 Å². The SMILES string of the molecule is Cc1cccc(C(NN)c2ccccc2C2CCC2)n1. The second-order valence-corrected chi connectivity index (χ2v) is 5.56. The first kappa shape index (κ1) is 13.3. The Morgan fingerprint density at radius 3 is 2.60 bits per heavy atom. The van der Waals surface area contributed by atoms with E-state index < -0.39 is 0 Å². The van der Waals surface area contributed by atoms with Gasteiger partial charge in [-0.1, -0.05) is 36.8 Å². The molecule has 2 aromatic rings. The molecule has 0 spiro atoms. The molecule has 1 aromatic carbocycles. The fraction of sp³-hybridized carbons (Fsp3) is 0.353. The first-order valence-corrected chi connectivity index (χ1v) is 7.28. The van der Waals surface area contributed by atoms with E-state index in [1.807, 2.05) is 25.1 Å². The lowest BCUT2D eigenvalue weighted by atomic mass is 9.77. The molecular weight excluding hydrogens is 246 g/mol. The van der Waals surface area contributed by atoms with Gasteiger partial charge in [-0.3, -0.25) is 10.8 Å². The van der Waals surface area contributed by atoms with Crippen LogP contribution in [0, 0.1) is 6.92 Å². The highest BCUT2D eigenvalue weighted by Gasteiger charge is 2.25. The number of hydrazine groups is 1. The van der Waals surface area contributed by atoms with Crippen LogP contribution < -0.4 is 11.3 Å². The minimum Gasteiger partial charge on any atom is -0.271 e. The third kappa shape index (κ3) is 2.47. The lowest BCUT2D eigenvalue weighted by molar-refractivity contribution is 0.414. The molecule has 20 heavy (non-hydrogen) atoms. The number of rotatable bonds is 4. The number of aromatic nitrogens is 1. The van der Waals surface area contributed by atoms with E-state index in [2.05, 4.69) is 34.7 Å². The Balaban J connectivity index is 2.01. The second kappa shape index (κ2) is 5.73. The predicted molar refractivity (Wildman–Crippen MR) is 81.2 cm³/mol. The standard InChI is InChI=1S/C17H21N3/c1-12-6-4-11-16(19-12)17(20-18)15-10-3-2-9-14(15)13-7-5-8-13/h2-4,6,9-11,13,17,20H,5,7-8,18H2,1H3. The van der Waals surface area contributed by atoms with E-state index in [1.54, 1.807) is 0 Å². The lowest BCUT2D eigenvalue weighted by Crippen LogP contribution is -2.31. The molecule has 0 saturated heterocycles. The van der Waals surface area contributed by atoms with Crippen LogP contribution in [0.5, 0.6) is 0 Å². The molecule has 1 fully saturated rings. The van der Waals surface area contributed by atoms with Crippen molar-refractivity contribution in [3.05, 3.63) is 65.0 Å². The number of benzene rings is 1. The summed E-state index contributed by atoms with van der Waals surface area (Å²) in [6.07, 6.45) is 3.91. The van der Waals surface area contributed by atoms with Gasteiger partial charge in [0.05, 0.1) is 11.7 Å². The normalized spacial score (nSPS) is 16.7. The van der Waals surface area contributed by atoms with Gasteiger partial charge in [0.15, 0.2) is 0 Å². The van der Waals surface area contributed by atoms with Crippen LogP contribution in [-0.2, 0) is 0 Å². The van der Waals surface area contributed by atoms with Crippen LogP contribution in [0.4, 0.5) is 0 Å². The Kier molecular flexibility index (Phi) is 3.81. The molecule has 0 bridgehead atoms. The molecule has 1 atom stereocenters. The molecule has 104 valence electrons. The van der Waals surface area contributed by atoms with Crippen LogP contribution in [0.25, 0.3) is 0 Å². The van der Waals surface area contributed by atoms with Crippen molar-refractivity contribution in [2.45, 2.75) is 38.1 Å². The summed E-state index contributed by atoms with van der Waals surface area (Å²) in [6, 6.07) is 14.7. The second-order valence-electron chi connectivity index (χ2n) is 5.56. The van der Waals surface area contributed by atoms with Gasteiger partial charge in [0.1, 0.15) is 0 Å². The third-order valence-electron chi connectivity index (χ3n) is 4.22. The molecule has 3 nitrogen and oxygen atoms in total. The Morgan fingerprint density at radius 1 is 1.15 bits per heavy atom. The van der Waals surface area contributed by atoms with Crippen molar-refractivity contribution in [1.82, 2.24) is 10.4 Å². The quantitative estimate of drug-likeness (QED) is 0.660. The average Bonchev–Trinajstić information content (AvgIpc) is 2.40. The van der Waals surface area contributed by atoms with E-state index in [4.69, 9.17) is 5.84 Å². The highest BCUT2D eigenvalue weighted by molar-refractivity contribution is 5.38. The molecular formula is C17H21N3. The van der Waals surface area contributed by atoms with Gasteiger partial charge in [-0.05, 0) is 48.9 Å². The molecule has 0 amide bonds. The maximum atomic E-state index is 5.83.